The van der Waals surface area contributed by atoms with Crippen molar-refractivity contribution in [3.63, 3.8) is 0 Å². The van der Waals surface area contributed by atoms with Gasteiger partial charge in [-0.3, -0.25) is 14.9 Å². The fraction of sp³-hybridized carbons (Fsp3) is 0.188. The number of anilines is 1. The number of carbonyl (C=O) groups excluding carboxylic acids is 1. The third-order valence-electron chi connectivity index (χ3n) is 3.58. The molecule has 0 heterocycles. The first-order valence-corrected chi connectivity index (χ1v) is 7.91. The molecule has 0 aliphatic rings. The second-order valence-corrected chi connectivity index (χ2v) is 6.04. The van der Waals surface area contributed by atoms with Gasteiger partial charge in [0.05, 0.1) is 16.0 Å². The third-order valence-corrected chi connectivity index (χ3v) is 4.20. The van der Waals surface area contributed by atoms with Gasteiger partial charge < -0.3 is 10.6 Å². The monoisotopic (exact) mass is 385 g/mol. The normalized spacial score (nSPS) is 11.7. The van der Waals surface area contributed by atoms with Crippen molar-refractivity contribution in [3.05, 3.63) is 67.4 Å². The van der Waals surface area contributed by atoms with Crippen molar-refractivity contribution in [2.45, 2.75) is 13.0 Å². The molecule has 9 heteroatoms. The lowest BCUT2D eigenvalue weighted by atomic mass is 10.1. The number of nitro benzene ring substituents is 1. The average molecular weight is 386 g/mol. The zero-order chi connectivity index (χ0) is 18.7. The average Bonchev–Trinajstić information content (AvgIpc) is 2.57. The number of rotatable bonds is 5. The highest BCUT2D eigenvalue weighted by atomic mass is 35.5. The van der Waals surface area contributed by atoms with Crippen LogP contribution in [0.25, 0.3) is 0 Å². The number of nitrogens with zero attached hydrogens (tertiary/aromatic N) is 1. The number of amides is 1. The Hall–Kier alpha value is -2.38. The summed E-state index contributed by atoms with van der Waals surface area (Å²) in [4.78, 5) is 22.8. The Kier molecular flexibility index (Phi) is 5.81. The molecule has 0 radical (unpaired) electrons. The number of carbonyl (C=O) groups is 1. The van der Waals surface area contributed by atoms with Crippen LogP contribution in [-0.4, -0.2) is 17.9 Å². The Morgan fingerprint density at radius 2 is 1.92 bits per heavy atom. The Balaban J connectivity index is 2.26. The molecule has 0 aliphatic carbocycles. The van der Waals surface area contributed by atoms with Gasteiger partial charge in [-0.25, -0.2) is 4.39 Å². The van der Waals surface area contributed by atoms with Gasteiger partial charge in [0, 0.05) is 23.7 Å². The number of benzene rings is 2. The maximum Gasteiger partial charge on any atom is 0.293 e. The minimum absolute atomic E-state index is 0.100. The highest BCUT2D eigenvalue weighted by Gasteiger charge is 2.20. The topological polar surface area (TPSA) is 84.3 Å². The Labute approximate surface area is 153 Å². The van der Waals surface area contributed by atoms with Crippen molar-refractivity contribution in [3.8, 4) is 0 Å². The van der Waals surface area contributed by atoms with Gasteiger partial charge >= 0.3 is 0 Å². The predicted molar refractivity (Wildman–Crippen MR) is 94.9 cm³/mol. The summed E-state index contributed by atoms with van der Waals surface area (Å²) in [7, 11) is 1.54. The second-order valence-electron chi connectivity index (χ2n) is 5.22. The van der Waals surface area contributed by atoms with E-state index >= 15 is 0 Å². The fourth-order valence-corrected chi connectivity index (χ4v) is 2.81. The van der Waals surface area contributed by atoms with Crippen molar-refractivity contribution in [2.75, 3.05) is 12.4 Å². The van der Waals surface area contributed by atoms with Crippen molar-refractivity contribution in [1.82, 2.24) is 5.32 Å². The lowest BCUT2D eigenvalue weighted by Gasteiger charge is -2.16. The number of hydrogen-bond acceptors (Lipinski definition) is 4. The van der Waals surface area contributed by atoms with Gasteiger partial charge in [-0.05, 0) is 36.8 Å². The molecule has 132 valence electrons. The van der Waals surface area contributed by atoms with Gasteiger partial charge in [0.2, 0.25) is 0 Å². The molecule has 2 aromatic carbocycles. The van der Waals surface area contributed by atoms with Gasteiger partial charge in [0.1, 0.15) is 11.5 Å². The standard InChI is InChI=1S/C16H14Cl2FN3O3/c1-8(10-6-13(19)12(18)7-11(10)17)21-16(23)9-3-4-14(20-2)15(5-9)22(24)25/h3-8,20H,1-2H3,(H,21,23)/t8-/m1/s1. The molecular weight excluding hydrogens is 372 g/mol. The van der Waals surface area contributed by atoms with Gasteiger partial charge in [-0.1, -0.05) is 23.2 Å². The summed E-state index contributed by atoms with van der Waals surface area (Å²) in [5.41, 5.74) is 0.511. The molecule has 1 atom stereocenters. The third kappa shape index (κ3) is 4.18. The van der Waals surface area contributed by atoms with E-state index in [4.69, 9.17) is 23.2 Å². The van der Waals surface area contributed by atoms with Crippen molar-refractivity contribution in [2.24, 2.45) is 0 Å². The number of nitro groups is 1. The quantitative estimate of drug-likeness (QED) is 0.448. The van der Waals surface area contributed by atoms with Gasteiger partial charge in [0.15, 0.2) is 0 Å². The lowest BCUT2D eigenvalue weighted by molar-refractivity contribution is -0.384. The zero-order valence-corrected chi connectivity index (χ0v) is 14.8. The van der Waals surface area contributed by atoms with E-state index in [1.807, 2.05) is 0 Å². The van der Waals surface area contributed by atoms with Crippen LogP contribution in [0.2, 0.25) is 10.0 Å². The van der Waals surface area contributed by atoms with Crippen LogP contribution in [0.5, 0.6) is 0 Å². The van der Waals surface area contributed by atoms with Crippen molar-refractivity contribution in [1.29, 1.82) is 0 Å². The molecular formula is C16H14Cl2FN3O3. The molecule has 6 nitrogen and oxygen atoms in total. The molecule has 0 aromatic heterocycles. The van der Waals surface area contributed by atoms with E-state index in [1.165, 1.54) is 18.2 Å². The molecule has 0 saturated heterocycles. The van der Waals surface area contributed by atoms with E-state index in [9.17, 15) is 19.3 Å². The molecule has 0 saturated carbocycles. The Morgan fingerprint density at radius 3 is 2.52 bits per heavy atom. The molecule has 25 heavy (non-hydrogen) atoms. The van der Waals surface area contributed by atoms with Crippen LogP contribution in [0.3, 0.4) is 0 Å². The van der Waals surface area contributed by atoms with Gasteiger partial charge in [-0.15, -0.1) is 0 Å². The molecule has 0 spiro atoms. The van der Waals surface area contributed by atoms with Gasteiger partial charge in [0.25, 0.3) is 11.6 Å². The van der Waals surface area contributed by atoms with Crippen LogP contribution in [0, 0.1) is 15.9 Å². The molecule has 1 amide bonds. The Morgan fingerprint density at radius 1 is 1.24 bits per heavy atom. The molecule has 0 bridgehead atoms. The van der Waals surface area contributed by atoms with Crippen LogP contribution in [0.1, 0.15) is 28.9 Å². The van der Waals surface area contributed by atoms with Crippen molar-refractivity contribution < 1.29 is 14.1 Å². The summed E-state index contributed by atoms with van der Waals surface area (Å²) in [5.74, 6) is -1.21. The van der Waals surface area contributed by atoms with Crippen LogP contribution in [0.4, 0.5) is 15.8 Å². The highest BCUT2D eigenvalue weighted by Crippen LogP contribution is 2.29. The smallest absolute Gasteiger partial charge is 0.293 e. The molecule has 0 unspecified atom stereocenters. The van der Waals surface area contributed by atoms with Crippen LogP contribution in [0.15, 0.2) is 30.3 Å². The highest BCUT2D eigenvalue weighted by molar-refractivity contribution is 6.35. The molecule has 2 aromatic rings. The summed E-state index contributed by atoms with van der Waals surface area (Å²) in [6, 6.07) is 5.82. The molecule has 2 rings (SSSR count). The summed E-state index contributed by atoms with van der Waals surface area (Å²) in [6.45, 7) is 1.61. The first-order valence-electron chi connectivity index (χ1n) is 7.16. The number of nitrogens with one attached hydrogen (secondary N) is 2. The first-order chi connectivity index (χ1) is 11.7. The molecule has 2 N–H and O–H groups in total. The minimum atomic E-state index is -0.656. The van der Waals surface area contributed by atoms with Crippen LogP contribution < -0.4 is 10.6 Å². The second kappa shape index (κ2) is 7.67. The van der Waals surface area contributed by atoms with E-state index in [0.717, 1.165) is 12.1 Å². The lowest BCUT2D eigenvalue weighted by Crippen LogP contribution is -2.27. The Bertz CT molecular complexity index is 846. The largest absolute Gasteiger partial charge is 0.383 e. The van der Waals surface area contributed by atoms with E-state index in [1.54, 1.807) is 14.0 Å². The summed E-state index contributed by atoms with van der Waals surface area (Å²) < 4.78 is 13.6. The molecule has 0 aliphatic heterocycles. The van der Waals surface area contributed by atoms with E-state index in [0.29, 0.717) is 5.56 Å². The number of halogens is 3. The fourth-order valence-electron chi connectivity index (χ4n) is 2.26. The molecule has 0 fully saturated rings. The van der Waals surface area contributed by atoms with Crippen molar-refractivity contribution >= 4 is 40.5 Å². The predicted octanol–water partition coefficient (Wildman–Crippen LogP) is 4.57. The summed E-state index contributed by atoms with van der Waals surface area (Å²) in [5, 5.41) is 16.5. The first kappa shape index (κ1) is 19.0. The SMILES string of the molecule is CNc1ccc(C(=O)N[C@H](C)c2cc(F)c(Cl)cc2Cl)cc1[N+](=O)[O-]. The maximum absolute atomic E-state index is 13.6. The van der Waals surface area contributed by atoms with E-state index < -0.39 is 22.7 Å². The number of hydrogen-bond donors (Lipinski definition) is 2. The zero-order valence-electron chi connectivity index (χ0n) is 13.3. The van der Waals surface area contributed by atoms with E-state index in [-0.39, 0.29) is 27.0 Å². The summed E-state index contributed by atoms with van der Waals surface area (Å²) >= 11 is 11.7. The van der Waals surface area contributed by atoms with Crippen LogP contribution in [-0.2, 0) is 0 Å². The minimum Gasteiger partial charge on any atom is -0.383 e. The van der Waals surface area contributed by atoms with E-state index in [2.05, 4.69) is 10.6 Å². The van der Waals surface area contributed by atoms with Crippen LogP contribution >= 0.6 is 23.2 Å². The summed E-state index contributed by atoms with van der Waals surface area (Å²) in [6.07, 6.45) is 0. The van der Waals surface area contributed by atoms with Gasteiger partial charge in [-0.2, -0.15) is 0 Å². The maximum atomic E-state index is 13.6.